The van der Waals surface area contributed by atoms with Gasteiger partial charge in [0.15, 0.2) is 0 Å². The van der Waals surface area contributed by atoms with Crippen molar-refractivity contribution in [1.29, 1.82) is 0 Å². The minimum absolute atomic E-state index is 0.0414. The number of amides is 1. The van der Waals surface area contributed by atoms with Gasteiger partial charge in [0.2, 0.25) is 11.7 Å². The first kappa shape index (κ1) is 18.8. The van der Waals surface area contributed by atoms with Crippen molar-refractivity contribution in [2.45, 2.75) is 13.0 Å². The summed E-state index contributed by atoms with van der Waals surface area (Å²) in [6, 6.07) is 8.03. The number of nitro groups is 1. The highest BCUT2D eigenvalue weighted by molar-refractivity contribution is 6.42. The normalized spacial score (nSPS) is 10.3. The van der Waals surface area contributed by atoms with Crippen molar-refractivity contribution < 1.29 is 9.72 Å². The Morgan fingerprint density at radius 1 is 1.20 bits per heavy atom. The molecule has 0 bridgehead atoms. The molecule has 1 aromatic heterocycles. The largest absolute Gasteiger partial charge is 0.370 e. The molecule has 0 unspecified atom stereocenters. The van der Waals surface area contributed by atoms with Crippen molar-refractivity contribution in [3.8, 4) is 0 Å². The Bertz CT molecular complexity index is 801. The zero-order valence-corrected chi connectivity index (χ0v) is 14.5. The second-order valence-corrected chi connectivity index (χ2v) is 5.88. The van der Waals surface area contributed by atoms with E-state index in [1.807, 2.05) is 0 Å². The average Bonchev–Trinajstić information content (AvgIpc) is 2.55. The van der Waals surface area contributed by atoms with Crippen molar-refractivity contribution in [2.24, 2.45) is 5.73 Å². The van der Waals surface area contributed by atoms with Crippen LogP contribution in [0.2, 0.25) is 10.0 Å². The highest BCUT2D eigenvalue weighted by Crippen LogP contribution is 2.25. The summed E-state index contributed by atoms with van der Waals surface area (Å²) >= 11 is 11.8. The molecule has 0 aliphatic carbocycles. The summed E-state index contributed by atoms with van der Waals surface area (Å²) in [6.45, 7) is 0.557. The van der Waals surface area contributed by atoms with Crippen molar-refractivity contribution in [3.05, 3.63) is 56.1 Å². The fourth-order valence-corrected chi connectivity index (χ4v) is 2.29. The van der Waals surface area contributed by atoms with Crippen LogP contribution in [0.3, 0.4) is 0 Å². The van der Waals surface area contributed by atoms with Crippen LogP contribution in [0.1, 0.15) is 12.0 Å². The number of nitrogens with zero attached hydrogens (tertiary/aromatic N) is 2. The Kier molecular flexibility index (Phi) is 6.37. The second kappa shape index (κ2) is 8.50. The number of hydrogen-bond donors (Lipinski definition) is 3. The zero-order valence-electron chi connectivity index (χ0n) is 13.0. The molecule has 10 heteroatoms. The van der Waals surface area contributed by atoms with E-state index in [9.17, 15) is 14.9 Å². The molecule has 0 spiro atoms. The van der Waals surface area contributed by atoms with E-state index in [0.29, 0.717) is 22.4 Å². The van der Waals surface area contributed by atoms with Crippen LogP contribution in [-0.4, -0.2) is 22.4 Å². The smallest absolute Gasteiger partial charge is 0.311 e. The molecular weight excluding hydrogens is 369 g/mol. The van der Waals surface area contributed by atoms with E-state index in [1.165, 1.54) is 12.1 Å². The van der Waals surface area contributed by atoms with Gasteiger partial charge in [-0.2, -0.15) is 0 Å². The second-order valence-electron chi connectivity index (χ2n) is 5.07. The number of primary amides is 1. The van der Waals surface area contributed by atoms with Gasteiger partial charge in [-0.3, -0.25) is 14.9 Å². The molecular formula is C15H15Cl2N5O3. The van der Waals surface area contributed by atoms with Crippen LogP contribution < -0.4 is 16.4 Å². The maximum atomic E-state index is 11.1. The molecule has 2 rings (SSSR count). The fraction of sp³-hybridized carbons (Fsp3) is 0.200. The lowest BCUT2D eigenvalue weighted by atomic mass is 10.2. The lowest BCUT2D eigenvalue weighted by molar-refractivity contribution is -0.384. The van der Waals surface area contributed by atoms with Gasteiger partial charge in [0.1, 0.15) is 5.82 Å². The van der Waals surface area contributed by atoms with Crippen molar-refractivity contribution in [1.82, 2.24) is 4.98 Å². The monoisotopic (exact) mass is 383 g/mol. The predicted octanol–water partition coefficient (Wildman–Crippen LogP) is 3.20. The minimum atomic E-state index is -0.553. The molecule has 2 aromatic rings. The third kappa shape index (κ3) is 5.47. The Labute approximate surface area is 153 Å². The summed E-state index contributed by atoms with van der Waals surface area (Å²) < 4.78 is 0. The summed E-state index contributed by atoms with van der Waals surface area (Å²) in [5.41, 5.74) is 5.74. The van der Waals surface area contributed by atoms with Gasteiger partial charge in [0.05, 0.1) is 15.0 Å². The third-order valence-corrected chi connectivity index (χ3v) is 3.93. The first-order valence-electron chi connectivity index (χ1n) is 7.22. The molecule has 8 nitrogen and oxygen atoms in total. The molecule has 0 saturated carbocycles. The summed E-state index contributed by atoms with van der Waals surface area (Å²) in [5.74, 6) is -0.0207. The van der Waals surface area contributed by atoms with Gasteiger partial charge in [-0.15, -0.1) is 0 Å². The lowest BCUT2D eigenvalue weighted by Crippen LogP contribution is -2.17. The Balaban J connectivity index is 2.10. The van der Waals surface area contributed by atoms with Crippen LogP contribution in [0.5, 0.6) is 0 Å². The molecule has 1 aromatic carbocycles. The van der Waals surface area contributed by atoms with E-state index < -0.39 is 10.8 Å². The van der Waals surface area contributed by atoms with Crippen LogP contribution in [-0.2, 0) is 11.3 Å². The molecule has 4 N–H and O–H groups in total. The summed E-state index contributed by atoms with van der Waals surface area (Å²) in [7, 11) is 0. The number of nitrogens with one attached hydrogen (secondary N) is 2. The highest BCUT2D eigenvalue weighted by Gasteiger charge is 2.16. The van der Waals surface area contributed by atoms with Crippen molar-refractivity contribution in [3.63, 3.8) is 0 Å². The number of halogens is 2. The number of rotatable bonds is 8. The molecule has 0 saturated heterocycles. The SMILES string of the molecule is NC(=O)CCNc1nc(NCc2ccc(Cl)c(Cl)c2)ccc1[N+](=O)[O-]. The number of nitrogens with two attached hydrogens (primary N) is 1. The molecule has 1 amide bonds. The summed E-state index contributed by atoms with van der Waals surface area (Å²) in [4.78, 5) is 25.5. The third-order valence-electron chi connectivity index (χ3n) is 3.19. The maximum absolute atomic E-state index is 11.1. The Morgan fingerprint density at radius 2 is 1.96 bits per heavy atom. The Hall–Kier alpha value is -2.58. The number of hydrogen-bond acceptors (Lipinski definition) is 6. The molecule has 0 aliphatic rings. The van der Waals surface area contributed by atoms with Crippen LogP contribution in [0, 0.1) is 10.1 Å². The molecule has 0 fully saturated rings. The number of pyridine rings is 1. The number of carbonyl (C=O) groups excluding carboxylic acids is 1. The molecule has 25 heavy (non-hydrogen) atoms. The van der Waals surface area contributed by atoms with Gasteiger partial charge >= 0.3 is 5.69 Å². The van der Waals surface area contributed by atoms with E-state index in [1.54, 1.807) is 18.2 Å². The van der Waals surface area contributed by atoms with Gasteiger partial charge in [-0.25, -0.2) is 4.98 Å². The van der Waals surface area contributed by atoms with Crippen LogP contribution in [0.25, 0.3) is 0 Å². The van der Waals surface area contributed by atoms with Gasteiger partial charge in [0, 0.05) is 25.6 Å². The number of benzene rings is 1. The van der Waals surface area contributed by atoms with Gasteiger partial charge < -0.3 is 16.4 Å². The number of aromatic nitrogens is 1. The Morgan fingerprint density at radius 3 is 2.60 bits per heavy atom. The van der Waals surface area contributed by atoms with Crippen molar-refractivity contribution >= 4 is 46.4 Å². The standard InChI is InChI=1S/C15H15Cl2N5O3/c16-10-2-1-9(7-11(10)17)8-20-14-4-3-12(22(24)25)15(21-14)19-6-5-13(18)23/h1-4,7H,5-6,8H2,(H2,18,23)(H2,19,20,21). The fourth-order valence-electron chi connectivity index (χ4n) is 1.97. The molecule has 1 heterocycles. The average molecular weight is 384 g/mol. The molecule has 0 aliphatic heterocycles. The highest BCUT2D eigenvalue weighted by atomic mass is 35.5. The maximum Gasteiger partial charge on any atom is 0.311 e. The van der Waals surface area contributed by atoms with Crippen LogP contribution in [0.4, 0.5) is 17.3 Å². The van der Waals surface area contributed by atoms with Crippen molar-refractivity contribution in [2.75, 3.05) is 17.2 Å². The topological polar surface area (TPSA) is 123 Å². The molecule has 0 radical (unpaired) electrons. The van der Waals surface area contributed by atoms with E-state index in [2.05, 4.69) is 15.6 Å². The number of anilines is 2. The summed E-state index contributed by atoms with van der Waals surface area (Å²) in [6.07, 6.45) is 0.0414. The van der Waals surface area contributed by atoms with Crippen LogP contribution in [0.15, 0.2) is 30.3 Å². The predicted molar refractivity (Wildman–Crippen MR) is 97.0 cm³/mol. The van der Waals surface area contributed by atoms with Gasteiger partial charge in [-0.1, -0.05) is 29.3 Å². The zero-order chi connectivity index (χ0) is 18.4. The first-order chi connectivity index (χ1) is 11.9. The van der Waals surface area contributed by atoms with E-state index in [4.69, 9.17) is 28.9 Å². The number of carbonyl (C=O) groups is 1. The quantitative estimate of drug-likeness (QED) is 0.474. The van der Waals surface area contributed by atoms with E-state index in [0.717, 1.165) is 5.56 Å². The van der Waals surface area contributed by atoms with Crippen LogP contribution >= 0.6 is 23.2 Å². The van der Waals surface area contributed by atoms with E-state index in [-0.39, 0.29) is 24.5 Å². The van der Waals surface area contributed by atoms with E-state index >= 15 is 0 Å². The lowest BCUT2D eigenvalue weighted by Gasteiger charge is -2.10. The van der Waals surface area contributed by atoms with Gasteiger partial charge in [0.25, 0.3) is 0 Å². The van der Waals surface area contributed by atoms with Gasteiger partial charge in [-0.05, 0) is 23.8 Å². The summed E-state index contributed by atoms with van der Waals surface area (Å²) in [5, 5.41) is 17.8. The molecule has 0 atom stereocenters. The molecule has 132 valence electrons. The minimum Gasteiger partial charge on any atom is -0.370 e. The first-order valence-corrected chi connectivity index (χ1v) is 7.98.